The van der Waals surface area contributed by atoms with Crippen molar-refractivity contribution >= 4 is 34.0 Å². The highest BCUT2D eigenvalue weighted by atomic mass is 32.2. The number of allylic oxidation sites excluding steroid dienone is 1. The maximum Gasteiger partial charge on any atom is 0.405 e. The van der Waals surface area contributed by atoms with E-state index in [1.165, 1.54) is 19.0 Å². The third kappa shape index (κ3) is 5.69. The van der Waals surface area contributed by atoms with Crippen LogP contribution < -0.4 is 15.8 Å². The number of ether oxygens (including phenoxy) is 1. The summed E-state index contributed by atoms with van der Waals surface area (Å²) in [4.78, 5) is 52.2. The van der Waals surface area contributed by atoms with E-state index >= 15 is 0 Å². The van der Waals surface area contributed by atoms with Crippen LogP contribution in [0.3, 0.4) is 0 Å². The normalized spacial score (nSPS) is 30.4. The molecule has 1 saturated heterocycles. The van der Waals surface area contributed by atoms with E-state index < -0.39 is 51.7 Å². The number of nitrogens with two attached hydrogens (primary N) is 1. The summed E-state index contributed by atoms with van der Waals surface area (Å²) in [5, 5.41) is 2.73. The van der Waals surface area contributed by atoms with Crippen LogP contribution in [0.4, 0.5) is 4.79 Å². The summed E-state index contributed by atoms with van der Waals surface area (Å²) in [5.74, 6) is -2.23. The number of carbonyl (C=O) groups excluding carboxylic acids is 4. The van der Waals surface area contributed by atoms with E-state index in [4.69, 9.17) is 10.5 Å². The van der Waals surface area contributed by atoms with Crippen LogP contribution in [0.25, 0.3) is 0 Å². The molecule has 34 heavy (non-hydrogen) atoms. The maximum atomic E-state index is 13.3. The second-order valence-corrected chi connectivity index (χ2v) is 11.1. The molecule has 0 bridgehead atoms. The fourth-order valence-corrected chi connectivity index (χ4v) is 5.07. The van der Waals surface area contributed by atoms with E-state index in [-0.39, 0.29) is 12.3 Å². The lowest BCUT2D eigenvalue weighted by Gasteiger charge is -2.29. The van der Waals surface area contributed by atoms with Crippen molar-refractivity contribution < 1.29 is 32.3 Å². The summed E-state index contributed by atoms with van der Waals surface area (Å²) in [7, 11) is -1.47. The van der Waals surface area contributed by atoms with E-state index in [2.05, 4.69) is 5.32 Å². The molecule has 1 aliphatic carbocycles. The molecular formula is C21H33N5O7S. The number of hydrogen-bond donors (Lipinski definition) is 3. The zero-order valence-electron chi connectivity index (χ0n) is 19.5. The molecule has 0 aromatic carbocycles. The van der Waals surface area contributed by atoms with Gasteiger partial charge in [-0.15, -0.1) is 0 Å². The van der Waals surface area contributed by atoms with Gasteiger partial charge < -0.3 is 20.7 Å². The van der Waals surface area contributed by atoms with Crippen LogP contribution in [0.2, 0.25) is 0 Å². The van der Waals surface area contributed by atoms with Gasteiger partial charge in [0.05, 0.1) is 0 Å². The standard InChI is InChI=1S/C21H33N5O7S/c1-25(2)34(31,32)24-19(29)21-13-14(21)9-6-4-3-5-7-11-16(33-20(22)30)18(28)26-12-8-10-15(26)17(27)23-21/h6,9,14-16H,3-5,7-8,10-13H2,1-2H3,(H2,22,30)(H,23,27)(H,24,29). The molecule has 3 rings (SSSR count). The van der Waals surface area contributed by atoms with Crippen molar-refractivity contribution in [3.05, 3.63) is 12.2 Å². The van der Waals surface area contributed by atoms with Gasteiger partial charge in [-0.05, 0) is 44.9 Å². The maximum absolute atomic E-state index is 13.3. The van der Waals surface area contributed by atoms with Crippen molar-refractivity contribution in [3.63, 3.8) is 0 Å². The summed E-state index contributed by atoms with van der Waals surface area (Å²) in [6.07, 6.45) is 6.03. The van der Waals surface area contributed by atoms with E-state index in [0.717, 1.165) is 17.1 Å². The fourth-order valence-electron chi connectivity index (χ4n) is 4.47. The third-order valence-electron chi connectivity index (χ3n) is 6.55. The van der Waals surface area contributed by atoms with E-state index in [9.17, 15) is 27.6 Å². The van der Waals surface area contributed by atoms with Gasteiger partial charge in [0, 0.05) is 26.6 Å². The molecule has 4 amide bonds. The van der Waals surface area contributed by atoms with Gasteiger partial charge in [-0.3, -0.25) is 14.4 Å². The quantitative estimate of drug-likeness (QED) is 0.448. The van der Waals surface area contributed by atoms with Crippen LogP contribution in [0, 0.1) is 5.92 Å². The number of amides is 4. The fraction of sp³-hybridized carbons (Fsp3) is 0.714. The third-order valence-corrected chi connectivity index (χ3v) is 7.95. The Hall–Kier alpha value is -2.67. The highest BCUT2D eigenvalue weighted by molar-refractivity contribution is 7.87. The predicted molar refractivity (Wildman–Crippen MR) is 121 cm³/mol. The van der Waals surface area contributed by atoms with Crippen LogP contribution in [0.15, 0.2) is 12.2 Å². The zero-order valence-corrected chi connectivity index (χ0v) is 20.3. The lowest BCUT2D eigenvalue weighted by atomic mass is 10.1. The molecule has 13 heteroatoms. The first-order valence-electron chi connectivity index (χ1n) is 11.5. The van der Waals surface area contributed by atoms with Gasteiger partial charge in [-0.1, -0.05) is 18.6 Å². The number of rotatable bonds is 4. The van der Waals surface area contributed by atoms with E-state index in [1.807, 2.05) is 16.9 Å². The van der Waals surface area contributed by atoms with Crippen molar-refractivity contribution in [2.75, 3.05) is 20.6 Å². The Balaban J connectivity index is 1.87. The molecule has 2 aliphatic heterocycles. The van der Waals surface area contributed by atoms with Crippen molar-refractivity contribution in [2.24, 2.45) is 11.7 Å². The SMILES string of the molecule is CN(C)S(=O)(=O)NC(=O)C12CC1C=CCCCCCC(OC(N)=O)C(=O)N1CCCC1C(=O)N2. The molecule has 4 N–H and O–H groups in total. The van der Waals surface area contributed by atoms with Crippen LogP contribution in [-0.4, -0.2) is 79.8 Å². The second kappa shape index (κ2) is 10.3. The van der Waals surface area contributed by atoms with Crippen LogP contribution in [0.5, 0.6) is 0 Å². The summed E-state index contributed by atoms with van der Waals surface area (Å²) in [6, 6.07) is -0.864. The number of hydrogen-bond acceptors (Lipinski definition) is 7. The van der Waals surface area contributed by atoms with Crippen molar-refractivity contribution in [1.29, 1.82) is 0 Å². The molecule has 4 unspecified atom stereocenters. The molecule has 0 radical (unpaired) electrons. The average Bonchev–Trinajstić information content (AvgIpc) is 3.21. The van der Waals surface area contributed by atoms with Gasteiger partial charge in [-0.25, -0.2) is 9.52 Å². The number of fused-ring (bicyclic) bond motifs is 2. The molecule has 0 aromatic rings. The average molecular weight is 500 g/mol. The van der Waals surface area contributed by atoms with Crippen molar-refractivity contribution in [1.82, 2.24) is 19.2 Å². The first-order chi connectivity index (χ1) is 16.0. The predicted octanol–water partition coefficient (Wildman–Crippen LogP) is -0.241. The summed E-state index contributed by atoms with van der Waals surface area (Å²) in [6.45, 7) is 0.299. The summed E-state index contributed by atoms with van der Waals surface area (Å²) < 4.78 is 32.4. The van der Waals surface area contributed by atoms with Gasteiger partial charge in [-0.2, -0.15) is 12.7 Å². The first kappa shape index (κ1) is 25.9. The minimum atomic E-state index is -4.05. The van der Waals surface area contributed by atoms with Gasteiger partial charge in [0.15, 0.2) is 6.10 Å². The lowest BCUT2D eigenvalue weighted by molar-refractivity contribution is -0.146. The molecule has 0 spiro atoms. The minimum Gasteiger partial charge on any atom is -0.436 e. The molecular weight excluding hydrogens is 466 g/mol. The monoisotopic (exact) mass is 499 g/mol. The van der Waals surface area contributed by atoms with Gasteiger partial charge in [0.1, 0.15) is 11.6 Å². The van der Waals surface area contributed by atoms with E-state index in [1.54, 1.807) is 0 Å². The van der Waals surface area contributed by atoms with Crippen LogP contribution >= 0.6 is 0 Å². The number of nitrogens with zero attached hydrogens (tertiary/aromatic N) is 2. The summed E-state index contributed by atoms with van der Waals surface area (Å²) in [5.41, 5.74) is 3.74. The Morgan fingerprint density at radius 2 is 1.94 bits per heavy atom. The highest BCUT2D eigenvalue weighted by Crippen LogP contribution is 2.45. The topological polar surface area (TPSA) is 168 Å². The largest absolute Gasteiger partial charge is 0.436 e. The minimum absolute atomic E-state index is 0.248. The Bertz CT molecular complexity index is 967. The Morgan fingerprint density at radius 1 is 1.21 bits per heavy atom. The van der Waals surface area contributed by atoms with Crippen LogP contribution in [-0.2, 0) is 29.3 Å². The molecule has 4 atom stereocenters. The Labute approximate surface area is 199 Å². The van der Waals surface area contributed by atoms with Crippen molar-refractivity contribution in [2.45, 2.75) is 69.1 Å². The molecule has 2 fully saturated rings. The van der Waals surface area contributed by atoms with Crippen molar-refractivity contribution in [3.8, 4) is 0 Å². The van der Waals surface area contributed by atoms with Crippen LogP contribution in [0.1, 0.15) is 51.4 Å². The Morgan fingerprint density at radius 3 is 2.62 bits per heavy atom. The Kier molecular flexibility index (Phi) is 7.86. The van der Waals surface area contributed by atoms with Gasteiger partial charge in [0.2, 0.25) is 5.91 Å². The molecule has 190 valence electrons. The highest BCUT2D eigenvalue weighted by Gasteiger charge is 2.61. The number of carbonyl (C=O) groups is 4. The second-order valence-electron chi connectivity index (χ2n) is 9.17. The molecule has 0 aromatic heterocycles. The zero-order chi connectivity index (χ0) is 25.1. The van der Waals surface area contributed by atoms with E-state index in [0.29, 0.717) is 38.6 Å². The lowest BCUT2D eigenvalue weighted by Crippen LogP contribution is -2.58. The smallest absolute Gasteiger partial charge is 0.405 e. The number of nitrogens with one attached hydrogen (secondary N) is 2. The van der Waals surface area contributed by atoms with Gasteiger partial charge in [0.25, 0.3) is 11.8 Å². The summed E-state index contributed by atoms with van der Waals surface area (Å²) >= 11 is 0. The molecule has 3 aliphatic rings. The molecule has 1 saturated carbocycles. The molecule has 12 nitrogen and oxygen atoms in total. The van der Waals surface area contributed by atoms with Gasteiger partial charge >= 0.3 is 16.3 Å². The number of primary amides is 1. The molecule has 2 heterocycles. The first-order valence-corrected chi connectivity index (χ1v) is 12.9.